The maximum absolute atomic E-state index is 3.93. The van der Waals surface area contributed by atoms with Crippen LogP contribution in [0.2, 0.25) is 0 Å². The van der Waals surface area contributed by atoms with E-state index in [-0.39, 0.29) is 0 Å². The molecule has 0 bridgehead atoms. The quantitative estimate of drug-likeness (QED) is 0.559. The average Bonchev–Trinajstić information content (AvgIpc) is 2.13. The molecular formula is C6H9N3. The van der Waals surface area contributed by atoms with Crippen molar-refractivity contribution in [2.75, 3.05) is 0 Å². The SMILES string of the molecule is C=C(C)n1ncnc1C. The van der Waals surface area contributed by atoms with E-state index < -0.39 is 0 Å². The van der Waals surface area contributed by atoms with Crippen LogP contribution in [0.1, 0.15) is 12.7 Å². The summed E-state index contributed by atoms with van der Waals surface area (Å²) >= 11 is 0. The molecule has 3 heteroatoms. The van der Waals surface area contributed by atoms with E-state index in [4.69, 9.17) is 0 Å². The van der Waals surface area contributed by atoms with Crippen LogP contribution in [-0.2, 0) is 0 Å². The largest absolute Gasteiger partial charge is 0.223 e. The third-order valence-corrected chi connectivity index (χ3v) is 1.08. The molecule has 1 rings (SSSR count). The minimum Gasteiger partial charge on any atom is -0.223 e. The summed E-state index contributed by atoms with van der Waals surface area (Å²) in [5.41, 5.74) is 0.894. The van der Waals surface area contributed by atoms with Gasteiger partial charge in [0.1, 0.15) is 12.2 Å². The zero-order valence-electron chi connectivity index (χ0n) is 5.63. The van der Waals surface area contributed by atoms with Gasteiger partial charge >= 0.3 is 0 Å². The van der Waals surface area contributed by atoms with E-state index in [9.17, 15) is 0 Å². The van der Waals surface area contributed by atoms with Gasteiger partial charge in [-0.15, -0.1) is 0 Å². The molecule has 1 aromatic heterocycles. The Bertz CT molecular complexity index is 224. The molecule has 9 heavy (non-hydrogen) atoms. The van der Waals surface area contributed by atoms with E-state index >= 15 is 0 Å². The molecular weight excluding hydrogens is 114 g/mol. The molecule has 0 radical (unpaired) electrons. The fourth-order valence-corrected chi connectivity index (χ4v) is 0.674. The Morgan fingerprint density at radius 3 is 2.67 bits per heavy atom. The van der Waals surface area contributed by atoms with Gasteiger partial charge in [-0.3, -0.25) is 0 Å². The molecule has 48 valence electrons. The van der Waals surface area contributed by atoms with E-state index in [1.807, 2.05) is 13.8 Å². The van der Waals surface area contributed by atoms with Crippen molar-refractivity contribution < 1.29 is 0 Å². The first-order valence-electron chi connectivity index (χ1n) is 2.74. The number of rotatable bonds is 1. The van der Waals surface area contributed by atoms with Crippen LogP contribution in [0.25, 0.3) is 5.70 Å². The Balaban J connectivity index is 3.08. The van der Waals surface area contributed by atoms with Crippen LogP contribution >= 0.6 is 0 Å². The zero-order valence-corrected chi connectivity index (χ0v) is 5.63. The second-order valence-electron chi connectivity index (χ2n) is 1.95. The molecule has 0 unspecified atom stereocenters. The summed E-state index contributed by atoms with van der Waals surface area (Å²) < 4.78 is 1.69. The monoisotopic (exact) mass is 123 g/mol. The second kappa shape index (κ2) is 2.01. The summed E-state index contributed by atoms with van der Waals surface area (Å²) in [5.74, 6) is 0.877. The molecule has 0 fully saturated rings. The van der Waals surface area contributed by atoms with Crippen molar-refractivity contribution in [1.29, 1.82) is 0 Å². The summed E-state index contributed by atoms with van der Waals surface area (Å²) in [6.07, 6.45) is 1.52. The number of hydrogen-bond acceptors (Lipinski definition) is 2. The molecule has 0 saturated carbocycles. The van der Waals surface area contributed by atoms with Crippen molar-refractivity contribution >= 4 is 5.70 Å². The van der Waals surface area contributed by atoms with Gasteiger partial charge in [0, 0.05) is 5.70 Å². The smallest absolute Gasteiger partial charge is 0.138 e. The highest BCUT2D eigenvalue weighted by Crippen LogP contribution is 1.98. The van der Waals surface area contributed by atoms with E-state index in [0.29, 0.717) is 0 Å². The highest BCUT2D eigenvalue weighted by molar-refractivity contribution is 5.36. The third kappa shape index (κ3) is 0.988. The molecule has 0 saturated heterocycles. The van der Waals surface area contributed by atoms with E-state index in [1.54, 1.807) is 4.68 Å². The van der Waals surface area contributed by atoms with Crippen LogP contribution in [0, 0.1) is 6.92 Å². The zero-order chi connectivity index (χ0) is 6.85. The first kappa shape index (κ1) is 6.01. The molecule has 0 atom stereocenters. The molecule has 0 aliphatic carbocycles. The molecule has 0 amide bonds. The number of aryl methyl sites for hydroxylation is 1. The lowest BCUT2D eigenvalue weighted by molar-refractivity contribution is 0.857. The molecule has 1 aromatic rings. The predicted molar refractivity (Wildman–Crippen MR) is 35.8 cm³/mol. The van der Waals surface area contributed by atoms with Crippen molar-refractivity contribution in [2.45, 2.75) is 13.8 Å². The topological polar surface area (TPSA) is 30.7 Å². The number of allylic oxidation sites excluding steroid dienone is 1. The summed E-state index contributed by atoms with van der Waals surface area (Å²) in [7, 11) is 0. The highest BCUT2D eigenvalue weighted by atomic mass is 15.3. The van der Waals surface area contributed by atoms with Crippen molar-refractivity contribution in [3.63, 3.8) is 0 Å². The van der Waals surface area contributed by atoms with Gasteiger partial charge < -0.3 is 0 Å². The fraction of sp³-hybridized carbons (Fsp3) is 0.333. The lowest BCUT2D eigenvalue weighted by Crippen LogP contribution is -1.96. The van der Waals surface area contributed by atoms with Gasteiger partial charge in [0.15, 0.2) is 0 Å². The van der Waals surface area contributed by atoms with E-state index in [2.05, 4.69) is 16.7 Å². The summed E-state index contributed by atoms with van der Waals surface area (Å²) in [6, 6.07) is 0. The van der Waals surface area contributed by atoms with Crippen LogP contribution in [-0.4, -0.2) is 14.8 Å². The lowest BCUT2D eigenvalue weighted by atomic mass is 10.5. The van der Waals surface area contributed by atoms with Gasteiger partial charge in [-0.1, -0.05) is 6.58 Å². The van der Waals surface area contributed by atoms with Crippen LogP contribution in [0.4, 0.5) is 0 Å². The van der Waals surface area contributed by atoms with Gasteiger partial charge in [-0.05, 0) is 13.8 Å². The van der Waals surface area contributed by atoms with Gasteiger partial charge in [-0.25, -0.2) is 9.67 Å². The van der Waals surface area contributed by atoms with Gasteiger partial charge in [-0.2, -0.15) is 5.10 Å². The molecule has 0 spiro atoms. The maximum Gasteiger partial charge on any atom is 0.138 e. The molecule has 0 aliphatic heterocycles. The van der Waals surface area contributed by atoms with Gasteiger partial charge in [0.2, 0.25) is 0 Å². The lowest BCUT2D eigenvalue weighted by Gasteiger charge is -1.97. The number of nitrogens with zero attached hydrogens (tertiary/aromatic N) is 3. The minimum atomic E-state index is 0.877. The van der Waals surface area contributed by atoms with Crippen molar-refractivity contribution in [2.24, 2.45) is 0 Å². The van der Waals surface area contributed by atoms with Crippen LogP contribution in [0.5, 0.6) is 0 Å². The molecule has 0 aromatic carbocycles. The predicted octanol–water partition coefficient (Wildman–Crippen LogP) is 1.08. The first-order valence-corrected chi connectivity index (χ1v) is 2.74. The number of aromatic nitrogens is 3. The highest BCUT2D eigenvalue weighted by Gasteiger charge is 1.95. The van der Waals surface area contributed by atoms with E-state index in [1.165, 1.54) is 6.33 Å². The molecule has 0 aliphatic rings. The van der Waals surface area contributed by atoms with Crippen LogP contribution in [0.15, 0.2) is 12.9 Å². The van der Waals surface area contributed by atoms with Crippen LogP contribution in [0.3, 0.4) is 0 Å². The van der Waals surface area contributed by atoms with Crippen molar-refractivity contribution in [3.8, 4) is 0 Å². The third-order valence-electron chi connectivity index (χ3n) is 1.08. The first-order chi connectivity index (χ1) is 4.22. The van der Waals surface area contributed by atoms with Crippen molar-refractivity contribution in [1.82, 2.24) is 14.8 Å². The normalized spacial score (nSPS) is 9.56. The Morgan fingerprint density at radius 2 is 2.44 bits per heavy atom. The number of hydrogen-bond donors (Lipinski definition) is 0. The fourth-order valence-electron chi connectivity index (χ4n) is 0.674. The Morgan fingerprint density at radius 1 is 1.78 bits per heavy atom. The van der Waals surface area contributed by atoms with Gasteiger partial charge in [0.05, 0.1) is 0 Å². The molecule has 0 N–H and O–H groups in total. The van der Waals surface area contributed by atoms with Gasteiger partial charge in [0.25, 0.3) is 0 Å². The summed E-state index contributed by atoms with van der Waals surface area (Å²) in [4.78, 5) is 3.93. The second-order valence-corrected chi connectivity index (χ2v) is 1.95. The maximum atomic E-state index is 3.93. The Labute approximate surface area is 54.0 Å². The average molecular weight is 123 g/mol. The Hall–Kier alpha value is -1.12. The minimum absolute atomic E-state index is 0.877. The summed E-state index contributed by atoms with van der Waals surface area (Å²) in [6.45, 7) is 7.50. The Kier molecular flexibility index (Phi) is 1.34. The standard InChI is InChI=1S/C6H9N3/c1-5(2)9-6(3)7-4-8-9/h4H,1H2,2-3H3. The van der Waals surface area contributed by atoms with Crippen LogP contribution < -0.4 is 0 Å². The summed E-state index contributed by atoms with van der Waals surface area (Å²) in [5, 5.41) is 3.92. The van der Waals surface area contributed by atoms with Crippen molar-refractivity contribution in [3.05, 3.63) is 18.7 Å². The molecule has 1 heterocycles. The van der Waals surface area contributed by atoms with E-state index in [0.717, 1.165) is 11.5 Å². The molecule has 3 nitrogen and oxygen atoms in total.